The summed E-state index contributed by atoms with van der Waals surface area (Å²) in [6.07, 6.45) is 3.24. The molecule has 1 aliphatic carbocycles. The maximum absolute atomic E-state index is 11.7. The highest BCUT2D eigenvalue weighted by atomic mass is 16.2. The summed E-state index contributed by atoms with van der Waals surface area (Å²) in [5.74, 6) is 0.724. The second-order valence-corrected chi connectivity index (χ2v) is 3.76. The summed E-state index contributed by atoms with van der Waals surface area (Å²) in [6.45, 7) is 2.96. The molecule has 1 aromatic rings. The van der Waals surface area contributed by atoms with Crippen LogP contribution in [0.15, 0.2) is 4.79 Å². The van der Waals surface area contributed by atoms with Crippen LogP contribution in [0.25, 0.3) is 0 Å². The van der Waals surface area contributed by atoms with E-state index in [2.05, 4.69) is 17.3 Å². The van der Waals surface area contributed by atoms with Gasteiger partial charge in [0.25, 0.3) is 0 Å². The van der Waals surface area contributed by atoms with Crippen LogP contribution in [0, 0.1) is 0 Å². The Morgan fingerprint density at radius 3 is 2.86 bits per heavy atom. The normalized spacial score (nSPS) is 15.9. The van der Waals surface area contributed by atoms with E-state index in [9.17, 15) is 4.79 Å². The van der Waals surface area contributed by atoms with E-state index in [1.54, 1.807) is 11.6 Å². The summed E-state index contributed by atoms with van der Waals surface area (Å²) >= 11 is 0. The van der Waals surface area contributed by atoms with Crippen molar-refractivity contribution in [1.29, 1.82) is 0 Å². The molecule has 0 saturated heterocycles. The molecular weight excluding hydrogens is 180 g/mol. The number of nitrogens with zero attached hydrogens (tertiary/aromatic N) is 3. The standard InChI is InChI=1S/C9H16N4O/c1-3-6-10-8-11-12(2)9(14)13(8)7-4-5-7/h7H,3-6H2,1-2H3,(H,10,11). The monoisotopic (exact) mass is 196 g/mol. The van der Waals surface area contributed by atoms with Crippen LogP contribution in [0.2, 0.25) is 0 Å². The third-order valence-corrected chi connectivity index (χ3v) is 2.40. The number of hydrogen-bond donors (Lipinski definition) is 1. The molecule has 78 valence electrons. The van der Waals surface area contributed by atoms with E-state index in [-0.39, 0.29) is 5.69 Å². The van der Waals surface area contributed by atoms with Gasteiger partial charge in [0.1, 0.15) is 0 Å². The summed E-state index contributed by atoms with van der Waals surface area (Å²) in [5.41, 5.74) is -0.00824. The number of hydrogen-bond acceptors (Lipinski definition) is 3. The zero-order valence-electron chi connectivity index (χ0n) is 8.66. The van der Waals surface area contributed by atoms with Crippen molar-refractivity contribution in [1.82, 2.24) is 14.3 Å². The van der Waals surface area contributed by atoms with Crippen LogP contribution in [0.5, 0.6) is 0 Å². The molecule has 1 saturated carbocycles. The molecule has 5 nitrogen and oxygen atoms in total. The van der Waals surface area contributed by atoms with Gasteiger partial charge in [-0.15, -0.1) is 5.10 Å². The van der Waals surface area contributed by atoms with Crippen molar-refractivity contribution in [2.45, 2.75) is 32.2 Å². The lowest BCUT2D eigenvalue weighted by molar-refractivity contribution is 0.667. The van der Waals surface area contributed by atoms with Crippen molar-refractivity contribution >= 4 is 5.95 Å². The number of aryl methyl sites for hydroxylation is 1. The van der Waals surface area contributed by atoms with Gasteiger partial charge >= 0.3 is 5.69 Å². The fourth-order valence-electron chi connectivity index (χ4n) is 1.50. The molecule has 14 heavy (non-hydrogen) atoms. The molecule has 1 fully saturated rings. The first-order valence-corrected chi connectivity index (χ1v) is 5.13. The van der Waals surface area contributed by atoms with Gasteiger partial charge in [-0.1, -0.05) is 6.92 Å². The van der Waals surface area contributed by atoms with E-state index in [0.29, 0.717) is 6.04 Å². The second kappa shape index (κ2) is 3.48. The number of anilines is 1. The molecule has 0 aliphatic heterocycles. The maximum atomic E-state index is 11.7. The minimum absolute atomic E-state index is 0.00824. The molecule has 1 N–H and O–H groups in total. The molecule has 2 rings (SSSR count). The Morgan fingerprint density at radius 1 is 1.57 bits per heavy atom. The Morgan fingerprint density at radius 2 is 2.29 bits per heavy atom. The highest BCUT2D eigenvalue weighted by Crippen LogP contribution is 2.35. The van der Waals surface area contributed by atoms with E-state index in [1.165, 1.54) is 4.68 Å². The quantitative estimate of drug-likeness (QED) is 0.772. The third-order valence-electron chi connectivity index (χ3n) is 2.40. The van der Waals surface area contributed by atoms with Crippen molar-refractivity contribution in [2.75, 3.05) is 11.9 Å². The summed E-state index contributed by atoms with van der Waals surface area (Å²) in [4.78, 5) is 11.7. The van der Waals surface area contributed by atoms with Gasteiger partial charge in [-0.3, -0.25) is 4.57 Å². The highest BCUT2D eigenvalue weighted by Gasteiger charge is 2.29. The molecule has 5 heteroatoms. The minimum Gasteiger partial charge on any atom is -0.354 e. The van der Waals surface area contributed by atoms with E-state index < -0.39 is 0 Å². The predicted octanol–water partition coefficient (Wildman–Crippen LogP) is 0.739. The molecule has 1 heterocycles. The minimum atomic E-state index is -0.00824. The van der Waals surface area contributed by atoms with Crippen LogP contribution < -0.4 is 11.0 Å². The Labute approximate surface area is 82.7 Å². The molecule has 1 aliphatic rings. The van der Waals surface area contributed by atoms with Gasteiger partial charge in [-0.25, -0.2) is 9.48 Å². The van der Waals surface area contributed by atoms with Gasteiger partial charge < -0.3 is 5.32 Å². The SMILES string of the molecule is CCCNc1nn(C)c(=O)n1C1CC1. The van der Waals surface area contributed by atoms with Crippen LogP contribution in [0.3, 0.4) is 0 Å². The predicted molar refractivity (Wildman–Crippen MR) is 54.5 cm³/mol. The second-order valence-electron chi connectivity index (χ2n) is 3.76. The van der Waals surface area contributed by atoms with Crippen molar-refractivity contribution in [3.63, 3.8) is 0 Å². The maximum Gasteiger partial charge on any atom is 0.347 e. The van der Waals surface area contributed by atoms with Gasteiger partial charge in [0, 0.05) is 19.6 Å². The van der Waals surface area contributed by atoms with Crippen molar-refractivity contribution in [2.24, 2.45) is 7.05 Å². The molecule has 0 bridgehead atoms. The topological polar surface area (TPSA) is 51.9 Å². The molecule has 0 spiro atoms. The van der Waals surface area contributed by atoms with Gasteiger partial charge in [-0.2, -0.15) is 0 Å². The van der Waals surface area contributed by atoms with Gasteiger partial charge in [0.05, 0.1) is 0 Å². The molecule has 0 atom stereocenters. The van der Waals surface area contributed by atoms with Crippen LogP contribution in [-0.2, 0) is 7.05 Å². The Kier molecular flexibility index (Phi) is 2.31. The van der Waals surface area contributed by atoms with Crippen LogP contribution >= 0.6 is 0 Å². The summed E-state index contributed by atoms with van der Waals surface area (Å²) in [6, 6.07) is 0.385. The summed E-state index contributed by atoms with van der Waals surface area (Å²) < 4.78 is 3.17. The smallest absolute Gasteiger partial charge is 0.347 e. The first-order chi connectivity index (χ1) is 6.74. The van der Waals surface area contributed by atoms with Crippen molar-refractivity contribution in [3.05, 3.63) is 10.5 Å². The fourth-order valence-corrected chi connectivity index (χ4v) is 1.50. The highest BCUT2D eigenvalue weighted by molar-refractivity contribution is 5.25. The van der Waals surface area contributed by atoms with Gasteiger partial charge in [-0.05, 0) is 19.3 Å². The van der Waals surface area contributed by atoms with E-state index >= 15 is 0 Å². The average Bonchev–Trinajstić information content (AvgIpc) is 2.94. The van der Waals surface area contributed by atoms with Crippen molar-refractivity contribution in [3.8, 4) is 0 Å². The first kappa shape index (κ1) is 9.30. The zero-order valence-corrected chi connectivity index (χ0v) is 8.66. The number of rotatable bonds is 4. The van der Waals surface area contributed by atoms with Crippen LogP contribution in [0.4, 0.5) is 5.95 Å². The average molecular weight is 196 g/mol. The first-order valence-electron chi connectivity index (χ1n) is 5.13. The Balaban J connectivity index is 2.28. The van der Waals surface area contributed by atoms with Gasteiger partial charge in [0.15, 0.2) is 0 Å². The lowest BCUT2D eigenvalue weighted by Gasteiger charge is -2.04. The number of nitrogens with one attached hydrogen (secondary N) is 1. The third kappa shape index (κ3) is 1.54. The lowest BCUT2D eigenvalue weighted by Crippen LogP contribution is -2.22. The molecule has 0 unspecified atom stereocenters. The number of aromatic nitrogens is 3. The largest absolute Gasteiger partial charge is 0.354 e. The Bertz CT molecular complexity index is 375. The van der Waals surface area contributed by atoms with E-state index in [0.717, 1.165) is 31.8 Å². The summed E-state index contributed by atoms with van der Waals surface area (Å²) in [7, 11) is 1.69. The van der Waals surface area contributed by atoms with Crippen molar-refractivity contribution < 1.29 is 0 Å². The lowest BCUT2D eigenvalue weighted by atomic mass is 10.5. The zero-order chi connectivity index (χ0) is 10.1. The molecule has 0 aromatic carbocycles. The van der Waals surface area contributed by atoms with Crippen LogP contribution in [0.1, 0.15) is 32.2 Å². The Hall–Kier alpha value is -1.26. The van der Waals surface area contributed by atoms with Crippen LogP contribution in [-0.4, -0.2) is 20.9 Å². The molecule has 0 amide bonds. The summed E-state index contributed by atoms with van der Waals surface area (Å²) in [5, 5.41) is 7.34. The molecular formula is C9H16N4O. The van der Waals surface area contributed by atoms with Gasteiger partial charge in [0.2, 0.25) is 5.95 Å². The van der Waals surface area contributed by atoms with E-state index in [4.69, 9.17) is 0 Å². The van der Waals surface area contributed by atoms with E-state index in [1.807, 2.05) is 0 Å². The molecule has 0 radical (unpaired) electrons. The fraction of sp³-hybridized carbons (Fsp3) is 0.778. The molecule has 1 aromatic heterocycles.